The lowest BCUT2D eigenvalue weighted by atomic mass is 10.2. The molecule has 0 aliphatic heterocycles. The van der Waals surface area contributed by atoms with Gasteiger partial charge < -0.3 is 0 Å². The third kappa shape index (κ3) is 0.319. The molecule has 0 radical (unpaired) electrons. The van der Waals surface area contributed by atoms with Gasteiger partial charge in [-0.3, -0.25) is 0 Å². The van der Waals surface area contributed by atoms with Crippen molar-refractivity contribution in [3.8, 4) is 0 Å². The molecule has 3 aromatic heterocycles. The van der Waals surface area contributed by atoms with Gasteiger partial charge in [0, 0.05) is 5.39 Å². The number of benzene rings is 1. The number of aromatic nitrogens is 1. The second-order valence-corrected chi connectivity index (χ2v) is 3.23. The van der Waals surface area contributed by atoms with Gasteiger partial charge in [-0.15, -0.1) is 11.3 Å². The largest absolute Gasteiger partial charge is 0.236 e. The summed E-state index contributed by atoms with van der Waals surface area (Å²) in [4.78, 5) is 5.53. The van der Waals surface area contributed by atoms with E-state index >= 15 is 0 Å². The van der Waals surface area contributed by atoms with E-state index in [-0.39, 0.29) is 0 Å². The number of thiophene rings is 1. The van der Waals surface area contributed by atoms with Crippen molar-refractivity contribution >= 4 is 31.8 Å². The van der Waals surface area contributed by atoms with Crippen LogP contribution in [-0.4, -0.2) is 4.98 Å². The molecule has 1 aromatic carbocycles. The zero-order chi connectivity index (χ0) is 5.84. The minimum atomic E-state index is 1.16. The second kappa shape index (κ2) is 1.02. The van der Waals surface area contributed by atoms with Crippen molar-refractivity contribution in [3.63, 3.8) is 0 Å². The van der Waals surface area contributed by atoms with E-state index in [1.807, 2.05) is 0 Å². The summed E-state index contributed by atoms with van der Waals surface area (Å²) in [6, 6.07) is 6.40. The van der Waals surface area contributed by atoms with Gasteiger partial charge in [0.2, 0.25) is 0 Å². The molecule has 0 amide bonds. The predicted molar refractivity (Wildman–Crippen MR) is 39.5 cm³/mol. The van der Waals surface area contributed by atoms with E-state index in [9.17, 15) is 0 Å². The first-order chi connectivity index (χ1) is 4.43. The van der Waals surface area contributed by atoms with Gasteiger partial charge in [0.25, 0.3) is 0 Å². The molecule has 3 heterocycles. The van der Waals surface area contributed by atoms with Crippen molar-refractivity contribution < 1.29 is 0 Å². The number of fused-ring (bicyclic) bond motifs is 1. The van der Waals surface area contributed by atoms with Crippen LogP contribution in [0.2, 0.25) is 0 Å². The van der Waals surface area contributed by atoms with E-state index in [4.69, 9.17) is 0 Å². The Bertz CT molecular complexity index is 357. The van der Waals surface area contributed by atoms with Crippen molar-refractivity contribution in [1.29, 1.82) is 0 Å². The Labute approximate surface area is 55.6 Å². The average molecular weight is 133 g/mol. The number of pyridine rings is 2. The summed E-state index contributed by atoms with van der Waals surface area (Å²) in [7, 11) is 0. The number of hydrogen-bond acceptors (Lipinski definition) is 2. The van der Waals surface area contributed by atoms with Crippen LogP contribution in [0, 0.1) is 0 Å². The molecule has 0 saturated carbocycles. The highest BCUT2D eigenvalue weighted by atomic mass is 32.1. The van der Waals surface area contributed by atoms with Crippen LogP contribution in [0.3, 0.4) is 0 Å². The van der Waals surface area contributed by atoms with Crippen LogP contribution in [0.1, 0.15) is 0 Å². The van der Waals surface area contributed by atoms with Crippen molar-refractivity contribution in [2.45, 2.75) is 0 Å². The molecule has 0 unspecified atom stereocenters. The highest BCUT2D eigenvalue weighted by Crippen LogP contribution is 2.33. The topological polar surface area (TPSA) is 12.9 Å². The van der Waals surface area contributed by atoms with E-state index in [1.54, 1.807) is 11.3 Å². The van der Waals surface area contributed by atoms with Crippen LogP contribution < -0.4 is 0 Å². The van der Waals surface area contributed by atoms with Gasteiger partial charge in [-0.2, -0.15) is 0 Å². The fraction of sp³-hybridized carbons (Fsp3) is 0. The summed E-state index contributed by atoms with van der Waals surface area (Å²) < 4.78 is 1.34. The molecule has 4 bridgehead atoms. The first kappa shape index (κ1) is 4.01. The van der Waals surface area contributed by atoms with Gasteiger partial charge >= 0.3 is 0 Å². The van der Waals surface area contributed by atoms with Crippen molar-refractivity contribution in [3.05, 3.63) is 18.2 Å². The summed E-state index contributed by atoms with van der Waals surface area (Å²) in [5, 5.41) is 1.30. The van der Waals surface area contributed by atoms with Gasteiger partial charge in [0.1, 0.15) is 4.83 Å². The van der Waals surface area contributed by atoms with Crippen LogP contribution in [-0.2, 0) is 0 Å². The summed E-state index contributed by atoms with van der Waals surface area (Å²) in [5.74, 6) is 0. The maximum absolute atomic E-state index is 4.33. The van der Waals surface area contributed by atoms with Crippen molar-refractivity contribution in [1.82, 2.24) is 4.98 Å². The molecule has 4 aromatic rings. The molecule has 0 fully saturated rings. The number of thiazole rings is 1. The third-order valence-electron chi connectivity index (χ3n) is 1.64. The molecule has 0 N–H and O–H groups in total. The Morgan fingerprint density at radius 1 is 1.33 bits per heavy atom. The van der Waals surface area contributed by atoms with Crippen LogP contribution in [0.5, 0.6) is 0 Å². The zero-order valence-corrected chi connectivity index (χ0v) is 5.40. The molecule has 4 rings (SSSR count). The molecule has 2 heteroatoms. The fourth-order valence-corrected chi connectivity index (χ4v) is 2.18. The first-order valence-corrected chi connectivity index (χ1v) is 3.66. The minimum Gasteiger partial charge on any atom is -0.236 e. The van der Waals surface area contributed by atoms with Gasteiger partial charge in [0.15, 0.2) is 0 Å². The molecule has 9 heavy (non-hydrogen) atoms. The van der Waals surface area contributed by atoms with E-state index in [2.05, 4.69) is 23.2 Å². The quantitative estimate of drug-likeness (QED) is 0.458. The number of rotatable bonds is 0. The molecule has 0 aliphatic carbocycles. The van der Waals surface area contributed by atoms with Crippen molar-refractivity contribution in [2.24, 2.45) is 0 Å². The number of nitrogens with zero attached hydrogens (tertiary/aromatic N) is 1. The van der Waals surface area contributed by atoms with Crippen LogP contribution in [0.25, 0.3) is 20.4 Å². The second-order valence-electron chi connectivity index (χ2n) is 2.20. The van der Waals surface area contributed by atoms with Gasteiger partial charge in [-0.1, -0.05) is 0 Å². The normalized spacial score (nSPS) is 12.4. The molecular weight excluding hydrogens is 130 g/mol. The molecule has 42 valence electrons. The third-order valence-corrected chi connectivity index (χ3v) is 2.70. The molecular formula is C7H3NS. The van der Waals surface area contributed by atoms with Gasteiger partial charge in [-0.25, -0.2) is 4.98 Å². The summed E-state index contributed by atoms with van der Waals surface area (Å²) in [5.41, 5.74) is 1.16. The smallest absolute Gasteiger partial charge is 0.124 e. The summed E-state index contributed by atoms with van der Waals surface area (Å²) in [6.45, 7) is 0. The summed E-state index contributed by atoms with van der Waals surface area (Å²) >= 11 is 1.78. The lowest BCUT2D eigenvalue weighted by molar-refractivity contribution is 1.55. The number of hydrogen-bond donors (Lipinski definition) is 0. The molecule has 0 aliphatic rings. The highest BCUT2D eigenvalue weighted by Gasteiger charge is 2.07. The van der Waals surface area contributed by atoms with Gasteiger partial charge in [0.05, 0.1) is 10.2 Å². The molecule has 0 saturated heterocycles. The van der Waals surface area contributed by atoms with E-state index in [0.29, 0.717) is 0 Å². The van der Waals surface area contributed by atoms with Crippen LogP contribution in [0.15, 0.2) is 18.2 Å². The zero-order valence-electron chi connectivity index (χ0n) is 4.59. The Hall–Kier alpha value is -0.890. The maximum atomic E-state index is 4.33. The monoisotopic (exact) mass is 133 g/mol. The fourth-order valence-electron chi connectivity index (χ4n) is 1.18. The lowest BCUT2D eigenvalue weighted by Crippen LogP contribution is -1.72. The van der Waals surface area contributed by atoms with Crippen molar-refractivity contribution in [2.75, 3.05) is 0 Å². The summed E-state index contributed by atoms with van der Waals surface area (Å²) in [6.07, 6.45) is 0. The van der Waals surface area contributed by atoms with Crippen LogP contribution >= 0.6 is 11.3 Å². The Balaban J connectivity index is 3.02. The van der Waals surface area contributed by atoms with Crippen LogP contribution in [0.4, 0.5) is 0 Å². The van der Waals surface area contributed by atoms with E-state index < -0.39 is 0 Å². The standard InChI is InChI=1S/C7H3NS/c1-2-5-6-3-4(1)7(8-5)9-6/h1-3H. The first-order valence-electron chi connectivity index (χ1n) is 2.84. The Morgan fingerprint density at radius 2 is 2.33 bits per heavy atom. The molecule has 0 atom stereocenters. The molecule has 0 spiro atoms. The van der Waals surface area contributed by atoms with E-state index in [1.165, 1.54) is 14.9 Å². The van der Waals surface area contributed by atoms with E-state index in [0.717, 1.165) is 5.52 Å². The average Bonchev–Trinajstić information content (AvgIpc) is 2.40. The predicted octanol–water partition coefficient (Wildman–Crippen LogP) is 2.33. The molecule has 1 nitrogen and oxygen atoms in total. The van der Waals surface area contributed by atoms with Gasteiger partial charge in [-0.05, 0) is 18.2 Å². The Kier molecular flexibility index (Phi) is 0.456. The maximum Gasteiger partial charge on any atom is 0.124 e. The Morgan fingerprint density at radius 3 is 2.78 bits per heavy atom. The SMILES string of the molecule is c1cc2nc3sc2cc13. The highest BCUT2D eigenvalue weighted by molar-refractivity contribution is 7.25. The lowest BCUT2D eigenvalue weighted by Gasteiger charge is -1.88. The minimum absolute atomic E-state index is 1.16.